The van der Waals surface area contributed by atoms with E-state index < -0.39 is 0 Å². The first kappa shape index (κ1) is 15.4. The predicted octanol–water partition coefficient (Wildman–Crippen LogP) is 4.17. The molecule has 0 aliphatic carbocycles. The average molecular weight is 274 g/mol. The molecule has 0 saturated carbocycles. The number of anilines is 1. The Balaban J connectivity index is 1.87. The van der Waals surface area contributed by atoms with Gasteiger partial charge in [0, 0.05) is 18.8 Å². The van der Waals surface area contributed by atoms with Crippen molar-refractivity contribution in [3.63, 3.8) is 0 Å². The molecular formula is C18H30N2. The fourth-order valence-corrected chi connectivity index (χ4v) is 3.06. The van der Waals surface area contributed by atoms with Crippen molar-refractivity contribution in [2.24, 2.45) is 5.92 Å². The van der Waals surface area contributed by atoms with Crippen LogP contribution in [0.5, 0.6) is 0 Å². The highest BCUT2D eigenvalue weighted by Gasteiger charge is 2.20. The molecule has 0 amide bonds. The minimum atomic E-state index is 0.763. The number of nitrogens with one attached hydrogen (secondary N) is 1. The second-order valence-corrected chi connectivity index (χ2v) is 6.12. The number of rotatable bonds is 8. The molecule has 1 N–H and O–H groups in total. The Labute approximate surface area is 124 Å². The summed E-state index contributed by atoms with van der Waals surface area (Å²) in [5.41, 5.74) is 2.84. The van der Waals surface area contributed by atoms with E-state index in [0.717, 1.165) is 12.5 Å². The van der Waals surface area contributed by atoms with Crippen molar-refractivity contribution in [2.45, 2.75) is 46.0 Å². The van der Waals surface area contributed by atoms with Gasteiger partial charge in [-0.1, -0.05) is 44.9 Å². The number of para-hydroxylation sites is 1. The van der Waals surface area contributed by atoms with Crippen LogP contribution in [0.1, 0.15) is 45.1 Å². The van der Waals surface area contributed by atoms with E-state index >= 15 is 0 Å². The third-order valence-electron chi connectivity index (χ3n) is 4.28. The fraction of sp³-hybridized carbons (Fsp3) is 0.667. The van der Waals surface area contributed by atoms with Crippen molar-refractivity contribution in [2.75, 3.05) is 31.5 Å². The van der Waals surface area contributed by atoms with E-state index in [2.05, 4.69) is 48.3 Å². The molecule has 1 heterocycles. The van der Waals surface area contributed by atoms with Crippen LogP contribution in [0.4, 0.5) is 5.69 Å². The highest BCUT2D eigenvalue weighted by Crippen LogP contribution is 2.24. The lowest BCUT2D eigenvalue weighted by Crippen LogP contribution is -2.37. The minimum absolute atomic E-state index is 0.763. The van der Waals surface area contributed by atoms with E-state index in [1.165, 1.54) is 63.0 Å². The van der Waals surface area contributed by atoms with E-state index in [9.17, 15) is 0 Å². The lowest BCUT2D eigenvalue weighted by Gasteiger charge is -2.31. The maximum atomic E-state index is 3.60. The molecule has 0 spiro atoms. The largest absolute Gasteiger partial charge is 0.384 e. The van der Waals surface area contributed by atoms with Gasteiger partial charge in [-0.05, 0) is 49.9 Å². The minimum Gasteiger partial charge on any atom is -0.384 e. The summed E-state index contributed by atoms with van der Waals surface area (Å²) in [5.74, 6) is 0.763. The van der Waals surface area contributed by atoms with Gasteiger partial charge >= 0.3 is 0 Å². The number of fused-ring (bicyclic) bond motifs is 1. The van der Waals surface area contributed by atoms with Gasteiger partial charge in [0.1, 0.15) is 0 Å². The Morgan fingerprint density at radius 1 is 1.10 bits per heavy atom. The number of hydrogen-bond acceptors (Lipinski definition) is 2. The summed E-state index contributed by atoms with van der Waals surface area (Å²) in [6.45, 7) is 9.50. The molecule has 0 aromatic heterocycles. The van der Waals surface area contributed by atoms with E-state index in [-0.39, 0.29) is 0 Å². The van der Waals surface area contributed by atoms with Gasteiger partial charge in [-0.2, -0.15) is 0 Å². The SMILES string of the molecule is CCCCN(CCCC)CC1CNc2ccccc2C1. The third kappa shape index (κ3) is 4.52. The summed E-state index contributed by atoms with van der Waals surface area (Å²) < 4.78 is 0. The third-order valence-corrected chi connectivity index (χ3v) is 4.28. The maximum Gasteiger partial charge on any atom is 0.0372 e. The average Bonchev–Trinajstić information content (AvgIpc) is 2.50. The smallest absolute Gasteiger partial charge is 0.0372 e. The highest BCUT2D eigenvalue weighted by molar-refractivity contribution is 5.53. The molecule has 1 aromatic carbocycles. The quantitative estimate of drug-likeness (QED) is 0.765. The molecular weight excluding hydrogens is 244 g/mol. The molecule has 1 aliphatic rings. The van der Waals surface area contributed by atoms with Gasteiger partial charge in [0.2, 0.25) is 0 Å². The van der Waals surface area contributed by atoms with E-state index in [1.807, 2.05) is 0 Å². The molecule has 0 radical (unpaired) electrons. The first-order valence-corrected chi connectivity index (χ1v) is 8.37. The Morgan fingerprint density at radius 3 is 2.50 bits per heavy atom. The Bertz CT molecular complexity index is 381. The molecule has 20 heavy (non-hydrogen) atoms. The molecule has 2 heteroatoms. The molecule has 2 rings (SSSR count). The Morgan fingerprint density at radius 2 is 1.80 bits per heavy atom. The molecule has 0 bridgehead atoms. The number of unbranched alkanes of at least 4 members (excludes halogenated alkanes) is 2. The van der Waals surface area contributed by atoms with Gasteiger partial charge in [0.05, 0.1) is 0 Å². The number of hydrogen-bond donors (Lipinski definition) is 1. The van der Waals surface area contributed by atoms with Crippen LogP contribution in [0.2, 0.25) is 0 Å². The first-order chi connectivity index (χ1) is 9.83. The summed E-state index contributed by atoms with van der Waals surface area (Å²) in [5, 5.41) is 3.60. The van der Waals surface area contributed by atoms with Crippen LogP contribution < -0.4 is 5.32 Å². The molecule has 1 aromatic rings. The van der Waals surface area contributed by atoms with Crippen LogP contribution in [0.3, 0.4) is 0 Å². The summed E-state index contributed by atoms with van der Waals surface area (Å²) in [4.78, 5) is 2.69. The molecule has 2 nitrogen and oxygen atoms in total. The van der Waals surface area contributed by atoms with Crippen molar-refractivity contribution in [1.29, 1.82) is 0 Å². The van der Waals surface area contributed by atoms with E-state index in [0.29, 0.717) is 0 Å². The second-order valence-electron chi connectivity index (χ2n) is 6.12. The first-order valence-electron chi connectivity index (χ1n) is 8.37. The number of benzene rings is 1. The molecule has 1 aliphatic heterocycles. The van der Waals surface area contributed by atoms with Crippen molar-refractivity contribution in [1.82, 2.24) is 4.90 Å². The van der Waals surface area contributed by atoms with Gasteiger partial charge in [0.15, 0.2) is 0 Å². The molecule has 0 saturated heterocycles. The lowest BCUT2D eigenvalue weighted by molar-refractivity contribution is 0.226. The molecule has 1 atom stereocenters. The normalized spacial score (nSPS) is 17.9. The highest BCUT2D eigenvalue weighted by atomic mass is 15.1. The molecule has 1 unspecified atom stereocenters. The summed E-state index contributed by atoms with van der Waals surface area (Å²) in [7, 11) is 0. The maximum absolute atomic E-state index is 3.60. The van der Waals surface area contributed by atoms with Crippen molar-refractivity contribution in [3.8, 4) is 0 Å². The van der Waals surface area contributed by atoms with Crippen molar-refractivity contribution in [3.05, 3.63) is 29.8 Å². The van der Waals surface area contributed by atoms with Gasteiger partial charge in [-0.3, -0.25) is 0 Å². The standard InChI is InChI=1S/C18H30N2/c1-3-5-11-20(12-6-4-2)15-16-13-17-9-7-8-10-18(17)19-14-16/h7-10,16,19H,3-6,11-15H2,1-2H3. The lowest BCUT2D eigenvalue weighted by atomic mass is 9.93. The van der Waals surface area contributed by atoms with Gasteiger partial charge in [-0.15, -0.1) is 0 Å². The predicted molar refractivity (Wildman–Crippen MR) is 88.4 cm³/mol. The Kier molecular flexibility index (Phi) is 6.38. The number of nitrogens with zero attached hydrogens (tertiary/aromatic N) is 1. The second kappa shape index (κ2) is 8.31. The van der Waals surface area contributed by atoms with Crippen LogP contribution in [0.15, 0.2) is 24.3 Å². The zero-order chi connectivity index (χ0) is 14.2. The van der Waals surface area contributed by atoms with Crippen molar-refractivity contribution < 1.29 is 0 Å². The molecule has 0 fully saturated rings. The van der Waals surface area contributed by atoms with E-state index in [4.69, 9.17) is 0 Å². The van der Waals surface area contributed by atoms with Crippen LogP contribution in [-0.2, 0) is 6.42 Å². The van der Waals surface area contributed by atoms with Gasteiger partial charge in [-0.25, -0.2) is 0 Å². The summed E-state index contributed by atoms with van der Waals surface area (Å²) in [6.07, 6.45) is 6.50. The van der Waals surface area contributed by atoms with E-state index in [1.54, 1.807) is 0 Å². The monoisotopic (exact) mass is 274 g/mol. The van der Waals surface area contributed by atoms with Gasteiger partial charge < -0.3 is 10.2 Å². The van der Waals surface area contributed by atoms with Crippen LogP contribution >= 0.6 is 0 Å². The topological polar surface area (TPSA) is 15.3 Å². The summed E-state index contributed by atoms with van der Waals surface area (Å²) in [6, 6.07) is 8.77. The van der Waals surface area contributed by atoms with Crippen LogP contribution in [0.25, 0.3) is 0 Å². The molecule has 112 valence electrons. The van der Waals surface area contributed by atoms with Crippen LogP contribution in [-0.4, -0.2) is 31.1 Å². The Hall–Kier alpha value is -1.02. The zero-order valence-electron chi connectivity index (χ0n) is 13.2. The van der Waals surface area contributed by atoms with Crippen molar-refractivity contribution >= 4 is 5.69 Å². The zero-order valence-corrected chi connectivity index (χ0v) is 13.2. The fourth-order valence-electron chi connectivity index (χ4n) is 3.06. The van der Waals surface area contributed by atoms with Gasteiger partial charge in [0.25, 0.3) is 0 Å². The van der Waals surface area contributed by atoms with Crippen LogP contribution in [0, 0.1) is 5.92 Å². The summed E-state index contributed by atoms with van der Waals surface area (Å²) >= 11 is 0.